The summed E-state index contributed by atoms with van der Waals surface area (Å²) in [6.07, 6.45) is 5.25. The maximum atomic E-state index is 12.4. The zero-order chi connectivity index (χ0) is 15.2. The van der Waals surface area contributed by atoms with Gasteiger partial charge in [-0.05, 0) is 54.1 Å². The Kier molecular flexibility index (Phi) is 3.13. The van der Waals surface area contributed by atoms with Gasteiger partial charge in [0.05, 0.1) is 16.9 Å². The van der Waals surface area contributed by atoms with E-state index in [4.69, 9.17) is 10.5 Å². The minimum absolute atomic E-state index is 0.181. The molecule has 0 aromatic carbocycles. The second-order valence-electron chi connectivity index (χ2n) is 5.38. The summed E-state index contributed by atoms with van der Waals surface area (Å²) in [5.41, 5.74) is 6.61. The van der Waals surface area contributed by atoms with Crippen LogP contribution in [0.2, 0.25) is 0 Å². The minimum atomic E-state index is -0.562. The highest BCUT2D eigenvalue weighted by Gasteiger charge is 2.28. The maximum absolute atomic E-state index is 12.4. The molecule has 0 aliphatic carbocycles. The van der Waals surface area contributed by atoms with Crippen molar-refractivity contribution in [2.24, 2.45) is 0 Å². The number of hydrogen-bond donors (Lipinski definition) is 1. The van der Waals surface area contributed by atoms with Gasteiger partial charge in [-0.3, -0.25) is 9.36 Å². The zero-order valence-corrected chi connectivity index (χ0v) is 13.2. The van der Waals surface area contributed by atoms with Crippen molar-refractivity contribution >= 4 is 27.3 Å². The number of anilines is 1. The molecule has 0 unspecified atom stereocenters. The molecule has 0 atom stereocenters. The van der Waals surface area contributed by atoms with Crippen molar-refractivity contribution in [1.82, 2.24) is 9.55 Å². The Balaban J connectivity index is 2.30. The Morgan fingerprint density at radius 3 is 2.95 bits per heavy atom. The quantitative estimate of drug-likeness (QED) is 0.860. The Hall–Kier alpha value is -2.08. The number of fused-ring (bicyclic) bond motifs is 1. The van der Waals surface area contributed by atoms with E-state index in [0.29, 0.717) is 11.6 Å². The molecule has 0 bridgehead atoms. The van der Waals surface area contributed by atoms with E-state index < -0.39 is 5.60 Å². The first kappa shape index (κ1) is 13.9. The Morgan fingerprint density at radius 2 is 2.19 bits per heavy atom. The minimum Gasteiger partial charge on any atom is -0.467 e. The number of pyridine rings is 2. The monoisotopic (exact) mass is 347 g/mol. The first-order chi connectivity index (χ1) is 9.87. The zero-order valence-electron chi connectivity index (χ0n) is 11.6. The summed E-state index contributed by atoms with van der Waals surface area (Å²) in [5, 5.41) is 0. The molecule has 0 saturated heterocycles. The van der Waals surface area contributed by atoms with Crippen LogP contribution in [0.25, 0.3) is 5.70 Å². The summed E-state index contributed by atoms with van der Waals surface area (Å²) in [5.74, 6) is 0.505. The van der Waals surface area contributed by atoms with Gasteiger partial charge < -0.3 is 10.5 Å². The van der Waals surface area contributed by atoms with Crippen molar-refractivity contribution < 1.29 is 4.74 Å². The van der Waals surface area contributed by atoms with Gasteiger partial charge in [0.15, 0.2) is 0 Å². The van der Waals surface area contributed by atoms with Crippen molar-refractivity contribution in [2.75, 3.05) is 5.73 Å². The highest BCUT2D eigenvalue weighted by molar-refractivity contribution is 9.10. The predicted molar refractivity (Wildman–Crippen MR) is 85.1 cm³/mol. The average molecular weight is 348 g/mol. The van der Waals surface area contributed by atoms with Gasteiger partial charge in [-0.25, -0.2) is 4.98 Å². The fraction of sp³-hybridized carbons (Fsp3) is 0.200. The molecule has 2 aromatic heterocycles. The van der Waals surface area contributed by atoms with Crippen LogP contribution in [0.3, 0.4) is 0 Å². The molecule has 3 heterocycles. The van der Waals surface area contributed by atoms with Gasteiger partial charge in [0, 0.05) is 16.9 Å². The number of nitrogens with two attached hydrogens (primary N) is 1. The standard InChI is InChI=1S/C15H14BrN3O2/c1-15(2)7-12(10-4-3-5-18-13(10)21-15)19-8-9(16)6-11(17)14(19)20/h3-8H,17H2,1-2H3. The molecule has 21 heavy (non-hydrogen) atoms. The first-order valence-corrected chi connectivity index (χ1v) is 7.22. The van der Waals surface area contributed by atoms with Crippen molar-refractivity contribution in [1.29, 1.82) is 0 Å². The van der Waals surface area contributed by atoms with Crippen molar-refractivity contribution in [3.8, 4) is 5.88 Å². The molecule has 5 nitrogen and oxygen atoms in total. The van der Waals surface area contributed by atoms with Gasteiger partial charge in [-0.15, -0.1) is 0 Å². The van der Waals surface area contributed by atoms with Gasteiger partial charge in [-0.2, -0.15) is 0 Å². The summed E-state index contributed by atoms with van der Waals surface area (Å²) < 4.78 is 8.08. The van der Waals surface area contributed by atoms with Gasteiger partial charge in [0.2, 0.25) is 5.88 Å². The number of ether oxygens (including phenoxy) is 1. The van der Waals surface area contributed by atoms with Crippen molar-refractivity contribution in [3.63, 3.8) is 0 Å². The fourth-order valence-electron chi connectivity index (χ4n) is 2.30. The number of aromatic nitrogens is 2. The number of nitrogen functional groups attached to an aromatic ring is 1. The van der Waals surface area contributed by atoms with E-state index in [1.165, 1.54) is 4.57 Å². The third kappa shape index (κ3) is 2.47. The molecule has 0 fully saturated rings. The smallest absolute Gasteiger partial charge is 0.278 e. The van der Waals surface area contributed by atoms with Crippen LogP contribution in [0.1, 0.15) is 19.4 Å². The Bertz CT molecular complexity index is 809. The molecule has 3 rings (SSSR count). The number of nitrogens with zero attached hydrogens (tertiary/aromatic N) is 2. The Morgan fingerprint density at radius 1 is 1.43 bits per heavy atom. The highest BCUT2D eigenvalue weighted by Crippen LogP contribution is 2.34. The third-order valence-corrected chi connectivity index (χ3v) is 3.60. The lowest BCUT2D eigenvalue weighted by molar-refractivity contribution is 0.149. The number of hydrogen-bond acceptors (Lipinski definition) is 4. The summed E-state index contributed by atoms with van der Waals surface area (Å²) >= 11 is 3.37. The number of rotatable bonds is 1. The van der Waals surface area contributed by atoms with Crippen LogP contribution in [0.4, 0.5) is 5.69 Å². The van der Waals surface area contributed by atoms with E-state index >= 15 is 0 Å². The van der Waals surface area contributed by atoms with Crippen molar-refractivity contribution in [3.05, 3.63) is 57.1 Å². The van der Waals surface area contributed by atoms with E-state index in [9.17, 15) is 4.79 Å². The van der Waals surface area contributed by atoms with Crippen LogP contribution in [-0.2, 0) is 0 Å². The van der Waals surface area contributed by atoms with E-state index in [2.05, 4.69) is 20.9 Å². The van der Waals surface area contributed by atoms with Crippen LogP contribution < -0.4 is 16.0 Å². The molecule has 108 valence electrons. The molecule has 0 amide bonds. The van der Waals surface area contributed by atoms with Gasteiger partial charge in [0.1, 0.15) is 5.60 Å². The van der Waals surface area contributed by atoms with Crippen LogP contribution in [0.15, 0.2) is 45.9 Å². The van der Waals surface area contributed by atoms with E-state index in [1.54, 1.807) is 24.5 Å². The van der Waals surface area contributed by atoms with Gasteiger partial charge >= 0.3 is 0 Å². The van der Waals surface area contributed by atoms with Crippen LogP contribution >= 0.6 is 15.9 Å². The topological polar surface area (TPSA) is 70.1 Å². The molecule has 0 radical (unpaired) electrons. The summed E-state index contributed by atoms with van der Waals surface area (Å²) in [4.78, 5) is 16.6. The lowest BCUT2D eigenvalue weighted by Crippen LogP contribution is -2.33. The second-order valence-corrected chi connectivity index (χ2v) is 6.30. The van der Waals surface area contributed by atoms with E-state index in [1.807, 2.05) is 26.0 Å². The van der Waals surface area contributed by atoms with Crippen LogP contribution in [-0.4, -0.2) is 15.2 Å². The van der Waals surface area contributed by atoms with Crippen LogP contribution in [0.5, 0.6) is 5.88 Å². The normalized spacial score (nSPS) is 15.9. The lowest BCUT2D eigenvalue weighted by Gasteiger charge is -2.30. The van der Waals surface area contributed by atoms with Gasteiger partial charge in [-0.1, -0.05) is 0 Å². The molecular formula is C15H14BrN3O2. The Labute approximate surface area is 130 Å². The molecule has 0 spiro atoms. The van der Waals surface area contributed by atoms with Crippen LogP contribution in [0, 0.1) is 0 Å². The lowest BCUT2D eigenvalue weighted by atomic mass is 10.0. The van der Waals surface area contributed by atoms with Crippen molar-refractivity contribution in [2.45, 2.75) is 19.4 Å². The molecule has 2 aromatic rings. The molecule has 0 saturated carbocycles. The molecule has 1 aliphatic heterocycles. The summed E-state index contributed by atoms with van der Waals surface area (Å²) in [7, 11) is 0. The average Bonchev–Trinajstić information content (AvgIpc) is 2.41. The maximum Gasteiger partial charge on any atom is 0.278 e. The summed E-state index contributed by atoms with van der Waals surface area (Å²) in [6.45, 7) is 3.83. The predicted octanol–water partition coefficient (Wildman–Crippen LogP) is 2.65. The fourth-order valence-corrected chi connectivity index (χ4v) is 2.75. The number of halogens is 1. The molecule has 6 heteroatoms. The van der Waals surface area contributed by atoms with E-state index in [0.717, 1.165) is 10.0 Å². The summed E-state index contributed by atoms with van der Waals surface area (Å²) in [6, 6.07) is 5.27. The van der Waals surface area contributed by atoms with Gasteiger partial charge in [0.25, 0.3) is 5.56 Å². The highest BCUT2D eigenvalue weighted by atomic mass is 79.9. The largest absolute Gasteiger partial charge is 0.467 e. The molecule has 1 aliphatic rings. The third-order valence-electron chi connectivity index (χ3n) is 3.16. The SMILES string of the molecule is CC1(C)C=C(n2cc(Br)cc(N)c2=O)c2cccnc2O1. The molecular weight excluding hydrogens is 334 g/mol. The molecule has 2 N–H and O–H groups in total. The van der Waals surface area contributed by atoms with E-state index in [-0.39, 0.29) is 11.2 Å². The first-order valence-electron chi connectivity index (χ1n) is 6.43. The second kappa shape index (κ2) is 4.73.